The lowest BCUT2D eigenvalue weighted by molar-refractivity contribution is -0.145. The van der Waals surface area contributed by atoms with E-state index < -0.39 is 0 Å². The molecule has 0 fully saturated rings. The Bertz CT molecular complexity index is 391. The van der Waals surface area contributed by atoms with Crippen LogP contribution in [0.25, 0.3) is 0 Å². The van der Waals surface area contributed by atoms with Crippen molar-refractivity contribution in [3.63, 3.8) is 0 Å². The van der Waals surface area contributed by atoms with Gasteiger partial charge in [0.2, 0.25) is 0 Å². The summed E-state index contributed by atoms with van der Waals surface area (Å²) in [4.78, 5) is 17.1. The number of carbonyl (C=O) groups excluding carboxylic acids is 1. The summed E-state index contributed by atoms with van der Waals surface area (Å²) in [6, 6.07) is -0.289. The minimum Gasteiger partial charge on any atom is -0.465 e. The quantitative estimate of drug-likeness (QED) is 0.730. The Morgan fingerprint density at radius 2 is 2.56 bits per heavy atom. The molecular formula is C10H15N3O2S. The highest BCUT2D eigenvalue weighted by Crippen LogP contribution is 2.23. The van der Waals surface area contributed by atoms with E-state index >= 15 is 0 Å². The standard InChI is InChI=1S/C10H15N3O2S/c1-2-15-9(14)7-5-6-8(3-4-12-7)16-10(11)13-6/h7,12H,2-5H2,1H3,(H2,11,13). The summed E-state index contributed by atoms with van der Waals surface area (Å²) in [6.45, 7) is 2.97. The van der Waals surface area contributed by atoms with E-state index in [2.05, 4.69) is 10.3 Å². The summed E-state index contributed by atoms with van der Waals surface area (Å²) in [7, 11) is 0. The molecule has 1 atom stereocenters. The second kappa shape index (κ2) is 4.80. The van der Waals surface area contributed by atoms with Crippen molar-refractivity contribution in [1.29, 1.82) is 0 Å². The van der Waals surface area contributed by atoms with Gasteiger partial charge in [0.25, 0.3) is 0 Å². The number of nitrogens with one attached hydrogen (secondary N) is 1. The summed E-state index contributed by atoms with van der Waals surface area (Å²) < 4.78 is 5.00. The molecule has 1 aliphatic heterocycles. The molecule has 5 nitrogen and oxygen atoms in total. The summed E-state index contributed by atoms with van der Waals surface area (Å²) >= 11 is 1.51. The number of anilines is 1. The molecular weight excluding hydrogens is 226 g/mol. The molecule has 3 N–H and O–H groups in total. The monoisotopic (exact) mass is 241 g/mol. The lowest BCUT2D eigenvalue weighted by atomic mass is 10.1. The van der Waals surface area contributed by atoms with Crippen LogP contribution in [0.4, 0.5) is 5.13 Å². The topological polar surface area (TPSA) is 77.2 Å². The van der Waals surface area contributed by atoms with E-state index in [0.717, 1.165) is 18.7 Å². The number of aromatic nitrogens is 1. The third-order valence-corrected chi connectivity index (χ3v) is 3.49. The fraction of sp³-hybridized carbons (Fsp3) is 0.600. The van der Waals surface area contributed by atoms with Crippen molar-refractivity contribution in [3.05, 3.63) is 10.6 Å². The maximum Gasteiger partial charge on any atom is 0.323 e. The molecule has 2 heterocycles. The van der Waals surface area contributed by atoms with Gasteiger partial charge in [-0.1, -0.05) is 0 Å². The number of nitrogen functional groups attached to an aromatic ring is 1. The van der Waals surface area contributed by atoms with Crippen LogP contribution in [0.5, 0.6) is 0 Å². The van der Waals surface area contributed by atoms with E-state index in [1.54, 1.807) is 6.92 Å². The molecule has 1 aliphatic rings. The number of hydrogen-bond donors (Lipinski definition) is 2. The molecule has 0 saturated heterocycles. The highest BCUT2D eigenvalue weighted by Gasteiger charge is 2.25. The van der Waals surface area contributed by atoms with Crippen LogP contribution >= 0.6 is 11.3 Å². The predicted molar refractivity (Wildman–Crippen MR) is 62.4 cm³/mol. The average molecular weight is 241 g/mol. The molecule has 1 aromatic rings. The van der Waals surface area contributed by atoms with Crippen LogP contribution in [0.3, 0.4) is 0 Å². The SMILES string of the molecule is CCOC(=O)C1Cc2nc(N)sc2CCN1. The van der Waals surface area contributed by atoms with Crippen LogP contribution in [-0.2, 0) is 22.4 Å². The second-order valence-corrected chi connectivity index (χ2v) is 4.75. The Kier molecular flexibility index (Phi) is 3.40. The van der Waals surface area contributed by atoms with Gasteiger partial charge in [0.1, 0.15) is 6.04 Å². The van der Waals surface area contributed by atoms with Crippen LogP contribution in [-0.4, -0.2) is 30.1 Å². The van der Waals surface area contributed by atoms with Gasteiger partial charge in [-0.25, -0.2) is 4.98 Å². The van der Waals surface area contributed by atoms with Gasteiger partial charge in [-0.3, -0.25) is 4.79 Å². The minimum atomic E-state index is -0.289. The van der Waals surface area contributed by atoms with Crippen LogP contribution in [0.2, 0.25) is 0 Å². The number of ether oxygens (including phenoxy) is 1. The predicted octanol–water partition coefficient (Wildman–Crippen LogP) is 0.345. The summed E-state index contributed by atoms with van der Waals surface area (Å²) in [6.07, 6.45) is 1.45. The Morgan fingerprint density at radius 1 is 1.75 bits per heavy atom. The zero-order chi connectivity index (χ0) is 11.5. The number of nitrogens with zero attached hydrogens (tertiary/aromatic N) is 1. The molecule has 0 aliphatic carbocycles. The molecule has 0 saturated carbocycles. The number of esters is 1. The van der Waals surface area contributed by atoms with Crippen molar-refractivity contribution < 1.29 is 9.53 Å². The van der Waals surface area contributed by atoms with Crippen LogP contribution in [0, 0.1) is 0 Å². The molecule has 16 heavy (non-hydrogen) atoms. The smallest absolute Gasteiger partial charge is 0.323 e. The highest BCUT2D eigenvalue weighted by atomic mass is 32.1. The lowest BCUT2D eigenvalue weighted by Gasteiger charge is -2.13. The van der Waals surface area contributed by atoms with E-state index in [1.807, 2.05) is 0 Å². The normalized spacial score (nSPS) is 19.9. The molecule has 1 aromatic heterocycles. The fourth-order valence-electron chi connectivity index (χ4n) is 1.79. The molecule has 88 valence electrons. The number of rotatable bonds is 2. The van der Waals surface area contributed by atoms with Crippen LogP contribution < -0.4 is 11.1 Å². The van der Waals surface area contributed by atoms with Crippen molar-refractivity contribution in [3.8, 4) is 0 Å². The van der Waals surface area contributed by atoms with Crippen molar-refractivity contribution in [2.75, 3.05) is 18.9 Å². The van der Waals surface area contributed by atoms with E-state index in [9.17, 15) is 4.79 Å². The summed E-state index contributed by atoms with van der Waals surface area (Å²) in [5.41, 5.74) is 6.60. The Balaban J connectivity index is 2.12. The van der Waals surface area contributed by atoms with E-state index in [4.69, 9.17) is 10.5 Å². The van der Waals surface area contributed by atoms with Crippen LogP contribution in [0.1, 0.15) is 17.5 Å². The van der Waals surface area contributed by atoms with E-state index in [-0.39, 0.29) is 12.0 Å². The highest BCUT2D eigenvalue weighted by molar-refractivity contribution is 7.15. The number of hydrogen-bond acceptors (Lipinski definition) is 6. The third-order valence-electron chi connectivity index (χ3n) is 2.51. The van der Waals surface area contributed by atoms with Gasteiger partial charge in [-0.05, 0) is 13.3 Å². The van der Waals surface area contributed by atoms with Gasteiger partial charge >= 0.3 is 5.97 Å². The van der Waals surface area contributed by atoms with Crippen molar-refractivity contribution in [2.45, 2.75) is 25.8 Å². The first-order chi connectivity index (χ1) is 7.70. The number of thiazole rings is 1. The minimum absolute atomic E-state index is 0.207. The largest absolute Gasteiger partial charge is 0.465 e. The maximum absolute atomic E-state index is 11.6. The zero-order valence-electron chi connectivity index (χ0n) is 9.16. The number of nitrogens with two attached hydrogens (primary N) is 1. The number of fused-ring (bicyclic) bond motifs is 1. The Morgan fingerprint density at radius 3 is 3.31 bits per heavy atom. The maximum atomic E-state index is 11.6. The molecule has 1 unspecified atom stereocenters. The molecule has 0 amide bonds. The Hall–Kier alpha value is -1.14. The molecule has 0 bridgehead atoms. The number of carbonyl (C=O) groups is 1. The first-order valence-corrected chi connectivity index (χ1v) is 6.16. The van der Waals surface area contributed by atoms with Gasteiger partial charge in [0.15, 0.2) is 5.13 Å². The van der Waals surface area contributed by atoms with Gasteiger partial charge in [0, 0.05) is 17.8 Å². The van der Waals surface area contributed by atoms with Gasteiger partial charge < -0.3 is 15.8 Å². The van der Waals surface area contributed by atoms with Crippen molar-refractivity contribution >= 4 is 22.4 Å². The first-order valence-electron chi connectivity index (χ1n) is 5.34. The second-order valence-electron chi connectivity index (χ2n) is 3.63. The molecule has 2 rings (SSSR count). The molecule has 0 spiro atoms. The molecule has 0 radical (unpaired) electrons. The van der Waals surface area contributed by atoms with Crippen LogP contribution in [0.15, 0.2) is 0 Å². The zero-order valence-corrected chi connectivity index (χ0v) is 9.97. The summed E-state index contributed by atoms with van der Waals surface area (Å²) in [5, 5.41) is 3.75. The van der Waals surface area contributed by atoms with Gasteiger partial charge in [-0.15, -0.1) is 11.3 Å². The Labute approximate surface area is 98.0 Å². The van der Waals surface area contributed by atoms with E-state index in [1.165, 1.54) is 16.2 Å². The van der Waals surface area contributed by atoms with E-state index in [0.29, 0.717) is 18.2 Å². The van der Waals surface area contributed by atoms with Crippen molar-refractivity contribution in [2.24, 2.45) is 0 Å². The average Bonchev–Trinajstić information content (AvgIpc) is 2.46. The fourth-order valence-corrected chi connectivity index (χ4v) is 2.65. The summed E-state index contributed by atoms with van der Waals surface area (Å²) in [5.74, 6) is -0.207. The van der Waals surface area contributed by atoms with Gasteiger partial charge in [-0.2, -0.15) is 0 Å². The molecule has 0 aromatic carbocycles. The lowest BCUT2D eigenvalue weighted by Crippen LogP contribution is -2.39. The van der Waals surface area contributed by atoms with Crippen molar-refractivity contribution in [1.82, 2.24) is 10.3 Å². The third kappa shape index (κ3) is 2.33. The van der Waals surface area contributed by atoms with Gasteiger partial charge in [0.05, 0.1) is 12.3 Å². The molecule has 6 heteroatoms. The first kappa shape index (κ1) is 11.3.